The first-order chi connectivity index (χ1) is 11.8. The fourth-order valence-electron chi connectivity index (χ4n) is 0.700. The van der Waals surface area contributed by atoms with Crippen molar-refractivity contribution in [1.82, 2.24) is 0 Å². The van der Waals surface area contributed by atoms with E-state index in [1.165, 1.54) is 13.8 Å². The van der Waals surface area contributed by atoms with E-state index in [-0.39, 0.29) is 33.3 Å². The Labute approximate surface area is 177 Å². The molecule has 8 nitrogen and oxygen atoms in total. The topological polar surface area (TPSA) is 133 Å². The van der Waals surface area contributed by atoms with Gasteiger partial charge in [0.05, 0.1) is 13.2 Å². The standard InChI is InChI=1S/2C6H9O3.2C3H7O.Ti/c2*1-3-9-6(8)4-5(2)7;2*1-3(2)4;/h2*4H,3H2,1-2H3;2*3H,1-2H3;/q4*-1;+4. The molecule has 0 N–H and O–H groups in total. The van der Waals surface area contributed by atoms with Gasteiger partial charge in [0.15, 0.2) is 11.9 Å². The van der Waals surface area contributed by atoms with Gasteiger partial charge in [0.2, 0.25) is 0 Å². The van der Waals surface area contributed by atoms with Crippen molar-refractivity contribution in [2.24, 2.45) is 0 Å². The molecule has 0 radical (unpaired) electrons. The zero-order chi connectivity index (χ0) is 21.7. The number of esters is 2. The van der Waals surface area contributed by atoms with Gasteiger partial charge in [0.25, 0.3) is 0 Å². The Balaban J connectivity index is -0.0000000843. The molecule has 0 spiro atoms. The Bertz CT molecular complexity index is 340. The Hall–Kier alpha value is -1.35. The van der Waals surface area contributed by atoms with Crippen LogP contribution in [-0.4, -0.2) is 48.9 Å². The van der Waals surface area contributed by atoms with Gasteiger partial charge >= 0.3 is 21.7 Å². The molecule has 0 atom stereocenters. The molecule has 0 aromatic carbocycles. The Kier molecular flexibility index (Phi) is 36.4. The molecule has 0 heterocycles. The van der Waals surface area contributed by atoms with Crippen LogP contribution in [0.2, 0.25) is 0 Å². The molecule has 9 heteroatoms. The number of Topliss-reactive ketones (excluding diaryl/α,β-unsaturated/α-hetero) is 2. The summed E-state index contributed by atoms with van der Waals surface area (Å²) in [5, 5.41) is 19.1. The first kappa shape index (κ1) is 36.6. The number of hydrogen-bond acceptors (Lipinski definition) is 8. The third-order valence-corrected chi connectivity index (χ3v) is 1.22. The molecule has 0 aromatic rings. The van der Waals surface area contributed by atoms with Crippen LogP contribution in [-0.2, 0) is 50.4 Å². The number of carbonyl (C=O) groups is 4. The molecular weight excluding hydrogens is 392 g/mol. The van der Waals surface area contributed by atoms with E-state index in [1.54, 1.807) is 41.5 Å². The maximum atomic E-state index is 10.4. The maximum Gasteiger partial charge on any atom is 4.00 e. The largest absolute Gasteiger partial charge is 4.00 e. The minimum atomic E-state index is -0.565. The van der Waals surface area contributed by atoms with Crippen LogP contribution >= 0.6 is 0 Å². The van der Waals surface area contributed by atoms with Crippen LogP contribution in [0.5, 0.6) is 0 Å². The van der Waals surface area contributed by atoms with Crippen LogP contribution in [0.1, 0.15) is 55.4 Å². The van der Waals surface area contributed by atoms with Crippen LogP contribution in [0.15, 0.2) is 0 Å². The van der Waals surface area contributed by atoms with Gasteiger partial charge in [-0.3, -0.25) is 9.59 Å². The molecule has 0 saturated heterocycles. The molecular formula is C18H32O8Ti. The number of rotatable bonds is 6. The van der Waals surface area contributed by atoms with E-state index < -0.39 is 24.1 Å². The predicted molar refractivity (Wildman–Crippen MR) is 93.5 cm³/mol. The van der Waals surface area contributed by atoms with Crippen molar-refractivity contribution < 1.29 is 60.6 Å². The van der Waals surface area contributed by atoms with E-state index >= 15 is 0 Å². The van der Waals surface area contributed by atoms with E-state index in [9.17, 15) is 29.4 Å². The summed E-state index contributed by atoms with van der Waals surface area (Å²) in [5.74, 6) is -1.70. The van der Waals surface area contributed by atoms with Gasteiger partial charge in [-0.05, 0) is 27.7 Å². The Morgan fingerprint density at radius 3 is 1.04 bits per heavy atom. The smallest absolute Gasteiger partial charge is 0.852 e. The summed E-state index contributed by atoms with van der Waals surface area (Å²) in [6.45, 7) is 13.0. The van der Waals surface area contributed by atoms with Crippen molar-refractivity contribution in [2.45, 2.75) is 67.6 Å². The molecule has 0 unspecified atom stereocenters. The molecule has 27 heavy (non-hydrogen) atoms. The molecule has 0 fully saturated rings. The summed E-state index contributed by atoms with van der Waals surface area (Å²) >= 11 is 0. The Morgan fingerprint density at radius 1 is 0.741 bits per heavy atom. The van der Waals surface area contributed by atoms with Crippen molar-refractivity contribution in [3.05, 3.63) is 12.8 Å². The van der Waals surface area contributed by atoms with Gasteiger partial charge in [0.1, 0.15) is 0 Å². The predicted octanol–water partition coefficient (Wildman–Crippen LogP) is 0.193. The molecule has 0 aliphatic carbocycles. The SMILES string of the molecule is CC(C)[O-].CC(C)[O-].CCOC(=O)[CH-]C(C)=O.CCOC(=O)[CH-]C(C)=O.[Ti+4]. The zero-order valence-electron chi connectivity index (χ0n) is 17.5. The maximum absolute atomic E-state index is 10.4. The van der Waals surface area contributed by atoms with Crippen molar-refractivity contribution in [3.63, 3.8) is 0 Å². The third-order valence-electron chi connectivity index (χ3n) is 1.22. The molecule has 0 amide bonds. The van der Waals surface area contributed by atoms with Crippen LogP contribution in [0.3, 0.4) is 0 Å². The average Bonchev–Trinajstić information content (AvgIpc) is 2.36. The van der Waals surface area contributed by atoms with Gasteiger partial charge in [-0.1, -0.05) is 27.7 Å². The molecule has 0 bridgehead atoms. The van der Waals surface area contributed by atoms with Crippen molar-refractivity contribution in [1.29, 1.82) is 0 Å². The van der Waals surface area contributed by atoms with E-state index in [4.69, 9.17) is 0 Å². The fraction of sp³-hybridized carbons (Fsp3) is 0.667. The molecule has 0 saturated carbocycles. The van der Waals surface area contributed by atoms with Crippen molar-refractivity contribution in [3.8, 4) is 0 Å². The molecule has 0 aliphatic heterocycles. The number of hydrogen-bond donors (Lipinski definition) is 0. The second-order valence-corrected chi connectivity index (χ2v) is 5.11. The van der Waals surface area contributed by atoms with E-state index in [2.05, 4.69) is 9.47 Å². The molecule has 0 rings (SSSR count). The third kappa shape index (κ3) is 79.0. The first-order valence-electron chi connectivity index (χ1n) is 8.15. The van der Waals surface area contributed by atoms with Gasteiger partial charge < -0.3 is 29.3 Å². The molecule has 0 aromatic heterocycles. The zero-order valence-corrected chi connectivity index (χ0v) is 19.1. The summed E-state index contributed by atoms with van der Waals surface area (Å²) in [5.41, 5.74) is 0. The van der Waals surface area contributed by atoms with Gasteiger partial charge in [-0.2, -0.15) is 0 Å². The molecule has 0 aliphatic rings. The number of carbonyl (C=O) groups excluding carboxylic acids is 4. The average molecular weight is 424 g/mol. The summed E-state index contributed by atoms with van der Waals surface area (Å²) in [6, 6.07) is 0. The van der Waals surface area contributed by atoms with Crippen LogP contribution in [0.25, 0.3) is 0 Å². The van der Waals surface area contributed by atoms with E-state index in [0.717, 1.165) is 12.8 Å². The summed E-state index contributed by atoms with van der Waals surface area (Å²) < 4.78 is 8.87. The number of ketones is 2. The first-order valence-corrected chi connectivity index (χ1v) is 8.15. The van der Waals surface area contributed by atoms with Crippen molar-refractivity contribution >= 4 is 23.5 Å². The van der Waals surface area contributed by atoms with Gasteiger partial charge in [-0.15, -0.1) is 12.2 Å². The monoisotopic (exact) mass is 424 g/mol. The Morgan fingerprint density at radius 2 is 0.926 bits per heavy atom. The van der Waals surface area contributed by atoms with Crippen molar-refractivity contribution in [2.75, 3.05) is 13.2 Å². The minimum Gasteiger partial charge on any atom is -0.852 e. The number of ether oxygens (including phenoxy) is 2. The second kappa shape index (κ2) is 26.9. The van der Waals surface area contributed by atoms with E-state index in [1.807, 2.05) is 0 Å². The summed E-state index contributed by atoms with van der Waals surface area (Å²) in [6.07, 6.45) is 1.01. The van der Waals surface area contributed by atoms with Crippen LogP contribution < -0.4 is 10.2 Å². The van der Waals surface area contributed by atoms with Crippen LogP contribution in [0.4, 0.5) is 0 Å². The second-order valence-electron chi connectivity index (χ2n) is 5.11. The normalized spacial score (nSPS) is 8.15. The fourth-order valence-corrected chi connectivity index (χ4v) is 0.700. The van der Waals surface area contributed by atoms with Gasteiger partial charge in [0, 0.05) is 11.6 Å². The van der Waals surface area contributed by atoms with Gasteiger partial charge in [-0.25, -0.2) is 12.8 Å². The quantitative estimate of drug-likeness (QED) is 0.255. The molecule has 156 valence electrons. The van der Waals surface area contributed by atoms with E-state index in [0.29, 0.717) is 13.2 Å². The summed E-state index contributed by atoms with van der Waals surface area (Å²) in [7, 11) is 0. The van der Waals surface area contributed by atoms with Crippen LogP contribution in [0, 0.1) is 12.8 Å². The summed E-state index contributed by atoms with van der Waals surface area (Å²) in [4.78, 5) is 41.1. The minimum absolute atomic E-state index is 0.